The van der Waals surface area contributed by atoms with Gasteiger partial charge in [-0.05, 0) is 32.9 Å². The topological polar surface area (TPSA) is 75.2 Å². The van der Waals surface area contributed by atoms with Crippen molar-refractivity contribution in [3.05, 3.63) is 0 Å². The van der Waals surface area contributed by atoms with Gasteiger partial charge in [0.2, 0.25) is 11.9 Å². The van der Waals surface area contributed by atoms with E-state index in [4.69, 9.17) is 4.74 Å². The van der Waals surface area contributed by atoms with Crippen molar-refractivity contribution in [3.8, 4) is 6.01 Å². The van der Waals surface area contributed by atoms with Crippen LogP contribution in [-0.4, -0.2) is 59.7 Å². The zero-order valence-electron chi connectivity index (χ0n) is 11.8. The van der Waals surface area contributed by atoms with Gasteiger partial charge in [0.25, 0.3) is 0 Å². The van der Waals surface area contributed by atoms with Crippen molar-refractivity contribution in [2.45, 2.75) is 25.8 Å². The van der Waals surface area contributed by atoms with Crippen LogP contribution in [0.1, 0.15) is 19.8 Å². The molecule has 1 aliphatic heterocycles. The number of hydrogen-bond acceptors (Lipinski definition) is 7. The minimum absolute atomic E-state index is 0.287. The van der Waals surface area contributed by atoms with Gasteiger partial charge in [0, 0.05) is 19.6 Å². The standard InChI is InChI=1S/C12H22N6O/c1-9(8-18-6-4-5-7-18)14-11-15-10(13-2)16-12(17-11)19-3/h9H,4-8H2,1-3H3,(H2,13,14,15,16,17). The average Bonchev–Trinajstić information content (AvgIpc) is 2.90. The number of ether oxygens (including phenoxy) is 1. The molecule has 0 spiro atoms. The lowest BCUT2D eigenvalue weighted by molar-refractivity contribution is 0.327. The van der Waals surface area contributed by atoms with E-state index in [-0.39, 0.29) is 6.04 Å². The van der Waals surface area contributed by atoms with E-state index in [0.717, 1.165) is 6.54 Å². The summed E-state index contributed by atoms with van der Waals surface area (Å²) in [7, 11) is 3.32. The van der Waals surface area contributed by atoms with Gasteiger partial charge in [-0.15, -0.1) is 0 Å². The quantitative estimate of drug-likeness (QED) is 0.789. The molecule has 1 saturated heterocycles. The Kier molecular flexibility index (Phi) is 4.73. The van der Waals surface area contributed by atoms with E-state index in [0.29, 0.717) is 17.9 Å². The van der Waals surface area contributed by atoms with Crippen LogP contribution in [0.4, 0.5) is 11.9 Å². The first-order valence-electron chi connectivity index (χ1n) is 6.68. The molecule has 7 heteroatoms. The molecule has 2 heterocycles. The van der Waals surface area contributed by atoms with Crippen LogP contribution in [-0.2, 0) is 0 Å². The molecule has 2 N–H and O–H groups in total. The maximum atomic E-state index is 5.06. The Morgan fingerprint density at radius 2 is 1.89 bits per heavy atom. The third-order valence-corrected chi connectivity index (χ3v) is 3.13. The maximum absolute atomic E-state index is 5.06. The van der Waals surface area contributed by atoms with Gasteiger partial charge in [-0.1, -0.05) is 0 Å². The number of aromatic nitrogens is 3. The molecule has 0 aliphatic carbocycles. The molecule has 2 rings (SSSR count). The molecule has 1 aliphatic rings. The van der Waals surface area contributed by atoms with Gasteiger partial charge in [0.15, 0.2) is 0 Å². The molecular formula is C12H22N6O. The van der Waals surface area contributed by atoms with Gasteiger partial charge < -0.3 is 20.3 Å². The molecular weight excluding hydrogens is 244 g/mol. The Balaban J connectivity index is 1.96. The Bertz CT molecular complexity index is 385. The summed E-state index contributed by atoms with van der Waals surface area (Å²) in [5.41, 5.74) is 0. The van der Waals surface area contributed by atoms with E-state index < -0.39 is 0 Å². The summed E-state index contributed by atoms with van der Waals surface area (Å²) < 4.78 is 5.06. The summed E-state index contributed by atoms with van der Waals surface area (Å²) in [6.07, 6.45) is 2.60. The third-order valence-electron chi connectivity index (χ3n) is 3.13. The number of nitrogens with zero attached hydrogens (tertiary/aromatic N) is 4. The highest BCUT2D eigenvalue weighted by Crippen LogP contribution is 2.13. The first-order chi connectivity index (χ1) is 9.21. The fraction of sp³-hybridized carbons (Fsp3) is 0.750. The van der Waals surface area contributed by atoms with Crippen LogP contribution in [0.5, 0.6) is 6.01 Å². The Hall–Kier alpha value is -1.63. The van der Waals surface area contributed by atoms with Crippen molar-refractivity contribution in [3.63, 3.8) is 0 Å². The van der Waals surface area contributed by atoms with E-state index in [1.807, 2.05) is 0 Å². The molecule has 0 saturated carbocycles. The van der Waals surface area contributed by atoms with E-state index in [9.17, 15) is 0 Å². The molecule has 0 aromatic carbocycles. The molecule has 1 unspecified atom stereocenters. The molecule has 0 bridgehead atoms. The van der Waals surface area contributed by atoms with Gasteiger partial charge >= 0.3 is 6.01 Å². The van der Waals surface area contributed by atoms with Gasteiger partial charge in [-0.25, -0.2) is 0 Å². The second kappa shape index (κ2) is 6.51. The fourth-order valence-corrected chi connectivity index (χ4v) is 2.24. The average molecular weight is 266 g/mol. The van der Waals surface area contributed by atoms with Gasteiger partial charge in [0.05, 0.1) is 7.11 Å². The summed E-state index contributed by atoms with van der Waals surface area (Å²) in [6.45, 7) is 5.51. The monoisotopic (exact) mass is 266 g/mol. The van der Waals surface area contributed by atoms with Gasteiger partial charge in [-0.2, -0.15) is 15.0 Å². The zero-order chi connectivity index (χ0) is 13.7. The molecule has 1 aromatic heterocycles. The van der Waals surface area contributed by atoms with Crippen LogP contribution in [0, 0.1) is 0 Å². The summed E-state index contributed by atoms with van der Waals surface area (Å²) in [6, 6.07) is 0.602. The normalized spacial score (nSPS) is 17.2. The van der Waals surface area contributed by atoms with E-state index in [1.165, 1.54) is 25.9 Å². The van der Waals surface area contributed by atoms with Crippen LogP contribution in [0.2, 0.25) is 0 Å². The molecule has 106 valence electrons. The number of anilines is 2. The van der Waals surface area contributed by atoms with Gasteiger partial charge in [0.1, 0.15) is 0 Å². The lowest BCUT2D eigenvalue weighted by Crippen LogP contribution is -2.33. The lowest BCUT2D eigenvalue weighted by atomic mass is 10.3. The van der Waals surface area contributed by atoms with Crippen molar-refractivity contribution < 1.29 is 4.74 Å². The first kappa shape index (κ1) is 13.8. The Labute approximate surface area is 113 Å². The number of likely N-dealkylation sites (tertiary alicyclic amines) is 1. The third kappa shape index (κ3) is 3.92. The fourth-order valence-electron chi connectivity index (χ4n) is 2.24. The zero-order valence-corrected chi connectivity index (χ0v) is 11.8. The summed E-state index contributed by atoms with van der Waals surface area (Å²) >= 11 is 0. The SMILES string of the molecule is CNc1nc(NC(C)CN2CCCC2)nc(OC)n1. The second-order valence-electron chi connectivity index (χ2n) is 4.77. The number of rotatable bonds is 6. The summed E-state index contributed by atoms with van der Waals surface area (Å²) in [5, 5.41) is 6.19. The summed E-state index contributed by atoms with van der Waals surface area (Å²) in [5.74, 6) is 1.05. The highest BCUT2D eigenvalue weighted by atomic mass is 16.5. The van der Waals surface area contributed by atoms with Crippen LogP contribution < -0.4 is 15.4 Å². The smallest absolute Gasteiger partial charge is 0.322 e. The lowest BCUT2D eigenvalue weighted by Gasteiger charge is -2.21. The number of nitrogens with one attached hydrogen (secondary N) is 2. The van der Waals surface area contributed by atoms with E-state index >= 15 is 0 Å². The molecule has 7 nitrogen and oxygen atoms in total. The van der Waals surface area contributed by atoms with Crippen molar-refractivity contribution >= 4 is 11.9 Å². The van der Waals surface area contributed by atoms with E-state index in [2.05, 4.69) is 37.4 Å². The molecule has 1 aromatic rings. The minimum atomic E-state index is 0.287. The highest BCUT2D eigenvalue weighted by molar-refractivity contribution is 5.36. The first-order valence-corrected chi connectivity index (χ1v) is 6.68. The molecule has 1 fully saturated rings. The predicted octanol–water partition coefficient (Wildman–Crippen LogP) is 0.818. The predicted molar refractivity (Wildman–Crippen MR) is 74.7 cm³/mol. The summed E-state index contributed by atoms with van der Waals surface area (Å²) in [4.78, 5) is 15.0. The number of methoxy groups -OCH3 is 1. The van der Waals surface area contributed by atoms with Crippen molar-refractivity contribution in [2.75, 3.05) is 44.4 Å². The number of hydrogen-bond donors (Lipinski definition) is 2. The minimum Gasteiger partial charge on any atom is -0.467 e. The van der Waals surface area contributed by atoms with Crippen LogP contribution in [0.25, 0.3) is 0 Å². The second-order valence-corrected chi connectivity index (χ2v) is 4.77. The highest BCUT2D eigenvalue weighted by Gasteiger charge is 2.15. The molecule has 19 heavy (non-hydrogen) atoms. The van der Waals surface area contributed by atoms with Crippen LogP contribution in [0.15, 0.2) is 0 Å². The molecule has 1 atom stereocenters. The Morgan fingerprint density at radius 1 is 1.21 bits per heavy atom. The van der Waals surface area contributed by atoms with Crippen molar-refractivity contribution in [1.29, 1.82) is 0 Å². The van der Waals surface area contributed by atoms with Gasteiger partial charge in [-0.3, -0.25) is 0 Å². The van der Waals surface area contributed by atoms with Crippen LogP contribution >= 0.6 is 0 Å². The Morgan fingerprint density at radius 3 is 2.53 bits per heavy atom. The van der Waals surface area contributed by atoms with Crippen LogP contribution in [0.3, 0.4) is 0 Å². The van der Waals surface area contributed by atoms with Crippen molar-refractivity contribution in [1.82, 2.24) is 19.9 Å². The maximum Gasteiger partial charge on any atom is 0.322 e. The van der Waals surface area contributed by atoms with Crippen molar-refractivity contribution in [2.24, 2.45) is 0 Å². The van der Waals surface area contributed by atoms with E-state index in [1.54, 1.807) is 14.2 Å². The molecule has 0 amide bonds. The molecule has 0 radical (unpaired) electrons. The largest absolute Gasteiger partial charge is 0.467 e.